The van der Waals surface area contributed by atoms with E-state index in [1.807, 2.05) is 0 Å². The van der Waals surface area contributed by atoms with Gasteiger partial charge in [-0.1, -0.05) is 0 Å². The maximum atomic E-state index is 12.6. The molecular weight excluding hydrogens is 560 g/mol. The molecule has 1 aliphatic carbocycles. The van der Waals surface area contributed by atoms with Gasteiger partial charge in [-0.2, -0.15) is 0 Å². The zero-order chi connectivity index (χ0) is 31.1. The number of aliphatic hydroxyl groups is 6. The van der Waals surface area contributed by atoms with Gasteiger partial charge in [0.25, 0.3) is 0 Å². The number of hydrogen-bond acceptors (Lipinski definition) is 17. The minimum Gasteiger partial charge on any atom is -0.395 e. The standard InChI is InChI=1S/C25H50N6O11/c26-5-16(35)15(34)4-10-3-14(29)23(42-24-13(28)2-1-12(39-24)7-31-6-11(27)8-32)21(38)22(10)41-25-20(37)18(30)19(36)17(9-33)40-25/h10-14,16-25,31-33,35-38H,1-9,26-30H2/t10-,11?,12-,13+,14-,16-,17+,18-,19+,20+,21+,22-,23?,24+,25+/m0/s1. The van der Waals surface area contributed by atoms with E-state index in [1.165, 1.54) is 0 Å². The highest BCUT2D eigenvalue weighted by Crippen LogP contribution is 2.36. The lowest BCUT2D eigenvalue weighted by Gasteiger charge is -2.48. The van der Waals surface area contributed by atoms with Gasteiger partial charge < -0.3 is 83.6 Å². The quantitative estimate of drug-likeness (QED) is 0.0869. The van der Waals surface area contributed by atoms with E-state index < -0.39 is 97.8 Å². The summed E-state index contributed by atoms with van der Waals surface area (Å²) in [6, 6.07) is -3.00. The number of Topliss-reactive ketones (excluding diaryl/α,β-unsaturated/α-hetero) is 1. The highest BCUT2D eigenvalue weighted by atomic mass is 16.7. The van der Waals surface area contributed by atoms with Crippen LogP contribution in [-0.2, 0) is 23.7 Å². The second-order valence-corrected chi connectivity index (χ2v) is 11.5. The number of nitrogens with two attached hydrogens (primary N) is 5. The van der Waals surface area contributed by atoms with Crippen LogP contribution in [0.25, 0.3) is 0 Å². The van der Waals surface area contributed by atoms with E-state index in [4.69, 9.17) is 52.7 Å². The van der Waals surface area contributed by atoms with Gasteiger partial charge in [0.1, 0.15) is 36.6 Å². The lowest BCUT2D eigenvalue weighted by atomic mass is 9.76. The Morgan fingerprint density at radius 1 is 0.952 bits per heavy atom. The molecule has 2 unspecified atom stereocenters. The van der Waals surface area contributed by atoms with Crippen molar-refractivity contribution in [2.24, 2.45) is 34.6 Å². The second kappa shape index (κ2) is 16.4. The van der Waals surface area contributed by atoms with Crippen LogP contribution in [0.4, 0.5) is 0 Å². The van der Waals surface area contributed by atoms with Crippen LogP contribution < -0.4 is 34.0 Å². The first kappa shape index (κ1) is 35.5. The summed E-state index contributed by atoms with van der Waals surface area (Å²) in [5.74, 6) is -1.35. The van der Waals surface area contributed by atoms with Crippen molar-refractivity contribution in [2.45, 2.75) is 111 Å². The monoisotopic (exact) mass is 610 g/mol. The summed E-state index contributed by atoms with van der Waals surface area (Å²) in [6.45, 7) is -0.275. The van der Waals surface area contributed by atoms with E-state index in [2.05, 4.69) is 5.32 Å². The van der Waals surface area contributed by atoms with Crippen molar-refractivity contribution in [1.82, 2.24) is 5.32 Å². The Kier molecular flexibility index (Phi) is 13.8. The van der Waals surface area contributed by atoms with Crippen LogP contribution in [0.2, 0.25) is 0 Å². The van der Waals surface area contributed by atoms with Gasteiger partial charge in [-0.15, -0.1) is 0 Å². The summed E-state index contributed by atoms with van der Waals surface area (Å²) in [5, 5.41) is 64.2. The molecule has 0 aromatic carbocycles. The fourth-order valence-corrected chi connectivity index (χ4v) is 5.62. The predicted molar refractivity (Wildman–Crippen MR) is 146 cm³/mol. The van der Waals surface area contributed by atoms with Crippen LogP contribution in [0, 0.1) is 5.92 Å². The summed E-state index contributed by atoms with van der Waals surface area (Å²) in [6.07, 6.45) is -11.0. The van der Waals surface area contributed by atoms with Crippen LogP contribution in [-0.4, -0.2) is 155 Å². The zero-order valence-corrected chi connectivity index (χ0v) is 23.6. The highest BCUT2D eigenvalue weighted by Gasteiger charge is 2.51. The molecule has 0 spiro atoms. The second-order valence-electron chi connectivity index (χ2n) is 11.5. The average Bonchev–Trinajstić information content (AvgIpc) is 2.97. The number of ketones is 1. The molecule has 17 nitrogen and oxygen atoms in total. The van der Waals surface area contributed by atoms with Gasteiger partial charge in [0, 0.05) is 38.1 Å². The van der Waals surface area contributed by atoms with Crippen LogP contribution in [0.15, 0.2) is 0 Å². The molecule has 2 heterocycles. The Hall–Kier alpha value is -0.970. The first-order valence-electron chi connectivity index (χ1n) is 14.4. The van der Waals surface area contributed by atoms with Crippen LogP contribution in [0.3, 0.4) is 0 Å². The number of ether oxygens (including phenoxy) is 4. The van der Waals surface area contributed by atoms with E-state index in [0.717, 1.165) is 0 Å². The topological polar surface area (TPSA) is 318 Å². The molecular formula is C25H50N6O11. The van der Waals surface area contributed by atoms with E-state index in [-0.39, 0.29) is 32.1 Å². The van der Waals surface area contributed by atoms with E-state index in [9.17, 15) is 30.3 Å². The van der Waals surface area contributed by atoms with E-state index >= 15 is 0 Å². The van der Waals surface area contributed by atoms with Gasteiger partial charge in [-0.3, -0.25) is 4.79 Å². The molecule has 3 aliphatic rings. The summed E-state index contributed by atoms with van der Waals surface area (Å²) >= 11 is 0. The molecule has 0 aromatic heterocycles. The first-order valence-corrected chi connectivity index (χ1v) is 14.4. The molecule has 3 rings (SSSR count). The normalized spacial score (nSPS) is 42.7. The van der Waals surface area contributed by atoms with Crippen LogP contribution in [0.5, 0.6) is 0 Å². The number of carbonyl (C=O) groups excluding carboxylic acids is 1. The SMILES string of the molecule is NC[C@H](O)C(=O)C[C@@H]1C[C@H](N)C(O[C@H]2O[C@H](CNCC(N)CO)CC[C@H]2N)[C@H](O)[C@H]1O[C@H]1O[C@H](CO)[C@@H](O)[C@H](N)[C@H]1O. The van der Waals surface area contributed by atoms with Crippen LogP contribution >= 0.6 is 0 Å². The summed E-state index contributed by atoms with van der Waals surface area (Å²) in [7, 11) is 0. The van der Waals surface area contributed by atoms with Gasteiger partial charge in [0.15, 0.2) is 18.4 Å². The molecule has 0 radical (unpaired) electrons. The molecule has 0 aromatic rings. The highest BCUT2D eigenvalue weighted by molar-refractivity contribution is 5.83. The van der Waals surface area contributed by atoms with Gasteiger partial charge in [0.2, 0.25) is 0 Å². The van der Waals surface area contributed by atoms with E-state index in [0.29, 0.717) is 25.9 Å². The van der Waals surface area contributed by atoms with Gasteiger partial charge in [0.05, 0.1) is 37.5 Å². The zero-order valence-electron chi connectivity index (χ0n) is 23.6. The number of hydrogen-bond donors (Lipinski definition) is 12. The molecule has 17 heteroatoms. The molecule has 2 saturated heterocycles. The smallest absolute Gasteiger partial charge is 0.186 e. The molecule has 0 bridgehead atoms. The number of rotatable bonds is 14. The summed E-state index contributed by atoms with van der Waals surface area (Å²) < 4.78 is 23.7. The molecule has 1 saturated carbocycles. The summed E-state index contributed by atoms with van der Waals surface area (Å²) in [4.78, 5) is 12.6. The summed E-state index contributed by atoms with van der Waals surface area (Å²) in [5.41, 5.74) is 29.8. The fourth-order valence-electron chi connectivity index (χ4n) is 5.62. The molecule has 246 valence electrons. The van der Waals surface area contributed by atoms with Crippen molar-refractivity contribution >= 4 is 5.78 Å². The molecule has 2 aliphatic heterocycles. The van der Waals surface area contributed by atoms with Crippen molar-refractivity contribution in [3.8, 4) is 0 Å². The number of aliphatic hydroxyl groups excluding tert-OH is 6. The van der Waals surface area contributed by atoms with Crippen LogP contribution in [0.1, 0.15) is 25.7 Å². The predicted octanol–water partition coefficient (Wildman–Crippen LogP) is -6.75. The lowest BCUT2D eigenvalue weighted by Crippen LogP contribution is -2.66. The van der Waals surface area contributed by atoms with Gasteiger partial charge >= 0.3 is 0 Å². The van der Waals surface area contributed by atoms with Crippen molar-refractivity contribution in [2.75, 3.05) is 32.8 Å². The Labute approximate surface area is 244 Å². The maximum Gasteiger partial charge on any atom is 0.186 e. The Morgan fingerprint density at radius 3 is 2.29 bits per heavy atom. The Bertz CT molecular complexity index is 834. The third-order valence-electron chi connectivity index (χ3n) is 8.22. The van der Waals surface area contributed by atoms with Crippen molar-refractivity contribution in [1.29, 1.82) is 0 Å². The third-order valence-corrected chi connectivity index (χ3v) is 8.22. The maximum absolute atomic E-state index is 12.6. The minimum atomic E-state index is -1.54. The van der Waals surface area contributed by atoms with Crippen molar-refractivity contribution in [3.05, 3.63) is 0 Å². The molecule has 3 fully saturated rings. The largest absolute Gasteiger partial charge is 0.395 e. The van der Waals surface area contributed by atoms with Gasteiger partial charge in [-0.25, -0.2) is 0 Å². The third kappa shape index (κ3) is 8.81. The Balaban J connectivity index is 1.76. The first-order chi connectivity index (χ1) is 19.9. The van der Waals surface area contributed by atoms with Crippen molar-refractivity contribution in [3.63, 3.8) is 0 Å². The average molecular weight is 611 g/mol. The van der Waals surface area contributed by atoms with E-state index in [1.54, 1.807) is 0 Å². The number of carbonyl (C=O) groups is 1. The Morgan fingerprint density at radius 2 is 1.64 bits per heavy atom. The fraction of sp³-hybridized carbons (Fsp3) is 0.960. The molecule has 17 N–H and O–H groups in total. The molecule has 0 amide bonds. The minimum absolute atomic E-state index is 0.0995. The van der Waals surface area contributed by atoms with Gasteiger partial charge in [-0.05, 0) is 25.2 Å². The molecule has 15 atom stereocenters. The van der Waals surface area contributed by atoms with Crippen molar-refractivity contribution < 1.29 is 54.4 Å². The number of nitrogens with one attached hydrogen (secondary N) is 1. The lowest BCUT2D eigenvalue weighted by molar-refractivity contribution is -0.318. The molecule has 42 heavy (non-hydrogen) atoms.